The average Bonchev–Trinajstić information content (AvgIpc) is 2.17. The lowest BCUT2D eigenvalue weighted by Crippen LogP contribution is -2.14. The predicted molar refractivity (Wildman–Crippen MR) is 54.1 cm³/mol. The van der Waals surface area contributed by atoms with Crippen LogP contribution in [0.2, 0.25) is 0 Å². The van der Waals surface area contributed by atoms with Crippen LogP contribution in [0, 0.1) is 11.3 Å². The first kappa shape index (κ1) is 12.7. The van der Waals surface area contributed by atoms with Crippen molar-refractivity contribution in [3.8, 4) is 11.8 Å². The van der Waals surface area contributed by atoms with E-state index >= 15 is 0 Å². The summed E-state index contributed by atoms with van der Waals surface area (Å²) in [5, 5.41) is 26.7. The molecule has 0 saturated carbocycles. The number of halogens is 1. The highest BCUT2D eigenvalue weighted by Crippen LogP contribution is 2.23. The Labute approximate surface area is 88.0 Å². The minimum Gasteiger partial charge on any atom is -0.508 e. The summed E-state index contributed by atoms with van der Waals surface area (Å²) in [6, 6.07) is 5.63. The van der Waals surface area contributed by atoms with Crippen molar-refractivity contribution < 1.29 is 10.2 Å². The molecule has 0 bridgehead atoms. The molecule has 0 spiro atoms. The first-order chi connectivity index (χ1) is 6.19. The Kier molecular flexibility index (Phi) is 4.95. The number of benzene rings is 1. The van der Waals surface area contributed by atoms with Crippen molar-refractivity contribution in [3.05, 3.63) is 29.3 Å². The van der Waals surface area contributed by atoms with Gasteiger partial charge < -0.3 is 15.9 Å². The number of hydrogen-bond acceptors (Lipinski definition) is 4. The summed E-state index contributed by atoms with van der Waals surface area (Å²) in [6.45, 7) is -0.261. The molecule has 0 unspecified atom stereocenters. The van der Waals surface area contributed by atoms with E-state index in [0.717, 1.165) is 0 Å². The lowest BCUT2D eigenvalue weighted by Gasteiger charge is -2.10. The van der Waals surface area contributed by atoms with Gasteiger partial charge >= 0.3 is 0 Å². The van der Waals surface area contributed by atoms with Gasteiger partial charge in [-0.15, -0.1) is 12.4 Å². The smallest absolute Gasteiger partial charge is 0.120 e. The highest BCUT2D eigenvalue weighted by molar-refractivity contribution is 5.85. The second-order valence-electron chi connectivity index (χ2n) is 2.67. The highest BCUT2D eigenvalue weighted by atomic mass is 35.5. The van der Waals surface area contributed by atoms with Gasteiger partial charge in [-0.2, -0.15) is 5.26 Å². The summed E-state index contributed by atoms with van der Waals surface area (Å²) in [4.78, 5) is 0. The second-order valence-corrected chi connectivity index (χ2v) is 2.67. The SMILES string of the molecule is Cl.N#Cc1ccc(O)c([C@H](N)CO)c1. The summed E-state index contributed by atoms with van der Waals surface area (Å²) < 4.78 is 0. The Balaban J connectivity index is 0.00000169. The van der Waals surface area contributed by atoms with Crippen LogP contribution in [0.4, 0.5) is 0 Å². The third kappa shape index (κ3) is 2.60. The van der Waals surface area contributed by atoms with Gasteiger partial charge in [0.05, 0.1) is 24.3 Å². The van der Waals surface area contributed by atoms with Crippen LogP contribution in [-0.4, -0.2) is 16.8 Å². The molecular weight excluding hydrogens is 204 g/mol. The Morgan fingerprint density at radius 2 is 2.14 bits per heavy atom. The van der Waals surface area contributed by atoms with Crippen molar-refractivity contribution in [1.29, 1.82) is 5.26 Å². The van der Waals surface area contributed by atoms with E-state index in [1.807, 2.05) is 6.07 Å². The Bertz CT molecular complexity index is 349. The van der Waals surface area contributed by atoms with Crippen molar-refractivity contribution in [2.45, 2.75) is 6.04 Å². The number of nitrogens with two attached hydrogens (primary N) is 1. The molecule has 0 fully saturated rings. The van der Waals surface area contributed by atoms with Crippen LogP contribution in [0.25, 0.3) is 0 Å². The fraction of sp³-hybridized carbons (Fsp3) is 0.222. The minimum absolute atomic E-state index is 0. The van der Waals surface area contributed by atoms with Crippen molar-refractivity contribution in [2.75, 3.05) is 6.61 Å². The van der Waals surface area contributed by atoms with Gasteiger partial charge in [0.1, 0.15) is 5.75 Å². The molecule has 0 heterocycles. The number of phenols is 1. The van der Waals surface area contributed by atoms with E-state index in [2.05, 4.69) is 0 Å². The van der Waals surface area contributed by atoms with Crippen LogP contribution in [0.15, 0.2) is 18.2 Å². The third-order valence-corrected chi connectivity index (χ3v) is 1.75. The van der Waals surface area contributed by atoms with Gasteiger partial charge in [0.25, 0.3) is 0 Å². The van der Waals surface area contributed by atoms with Crippen molar-refractivity contribution in [2.24, 2.45) is 5.73 Å². The van der Waals surface area contributed by atoms with E-state index < -0.39 is 6.04 Å². The molecule has 0 aliphatic rings. The van der Waals surface area contributed by atoms with E-state index in [-0.39, 0.29) is 24.8 Å². The Hall–Kier alpha value is -1.28. The monoisotopic (exact) mass is 214 g/mol. The maximum atomic E-state index is 9.33. The number of hydrogen-bond donors (Lipinski definition) is 3. The quantitative estimate of drug-likeness (QED) is 0.675. The lowest BCUT2D eigenvalue weighted by atomic mass is 10.0. The summed E-state index contributed by atoms with van der Waals surface area (Å²) in [7, 11) is 0. The molecule has 1 aromatic carbocycles. The maximum Gasteiger partial charge on any atom is 0.120 e. The zero-order chi connectivity index (χ0) is 9.84. The molecular formula is C9H11ClN2O2. The zero-order valence-electron chi connectivity index (χ0n) is 7.34. The molecule has 1 aromatic rings. The van der Waals surface area contributed by atoms with Gasteiger partial charge in [-0.05, 0) is 18.2 Å². The van der Waals surface area contributed by atoms with Crippen LogP contribution >= 0.6 is 12.4 Å². The lowest BCUT2D eigenvalue weighted by molar-refractivity contribution is 0.265. The van der Waals surface area contributed by atoms with Crippen LogP contribution < -0.4 is 5.73 Å². The molecule has 0 radical (unpaired) electrons. The van der Waals surface area contributed by atoms with E-state index in [1.165, 1.54) is 18.2 Å². The number of aliphatic hydroxyl groups is 1. The molecule has 0 aromatic heterocycles. The number of nitriles is 1. The second kappa shape index (κ2) is 5.45. The van der Waals surface area contributed by atoms with Gasteiger partial charge in [0.2, 0.25) is 0 Å². The molecule has 4 nitrogen and oxygen atoms in total. The number of phenolic OH excluding ortho intramolecular Hbond substituents is 1. The van der Waals surface area contributed by atoms with Crippen molar-refractivity contribution in [3.63, 3.8) is 0 Å². The van der Waals surface area contributed by atoms with Gasteiger partial charge in [-0.3, -0.25) is 0 Å². The topological polar surface area (TPSA) is 90.3 Å². The zero-order valence-corrected chi connectivity index (χ0v) is 8.16. The highest BCUT2D eigenvalue weighted by Gasteiger charge is 2.10. The standard InChI is InChI=1S/C9H10N2O2.ClH/c10-4-6-1-2-9(13)7(3-6)8(11)5-12;/h1-3,8,12-13H,5,11H2;1H/t8-;/m1./s1. The first-order valence-corrected chi connectivity index (χ1v) is 3.78. The number of rotatable bonds is 2. The number of nitrogens with zero attached hydrogens (tertiary/aromatic N) is 1. The molecule has 0 saturated heterocycles. The van der Waals surface area contributed by atoms with E-state index in [1.54, 1.807) is 0 Å². The normalized spacial score (nSPS) is 11.2. The molecule has 0 aliphatic carbocycles. The van der Waals surface area contributed by atoms with Crippen LogP contribution in [-0.2, 0) is 0 Å². The molecule has 1 rings (SSSR count). The summed E-state index contributed by atoms with van der Waals surface area (Å²) in [5.41, 5.74) is 6.30. The molecule has 14 heavy (non-hydrogen) atoms. The van der Waals surface area contributed by atoms with E-state index in [9.17, 15) is 5.11 Å². The number of aliphatic hydroxyl groups excluding tert-OH is 1. The number of aromatic hydroxyl groups is 1. The van der Waals surface area contributed by atoms with Crippen molar-refractivity contribution >= 4 is 12.4 Å². The summed E-state index contributed by atoms with van der Waals surface area (Å²) in [5.74, 6) is 0.000509. The fourth-order valence-electron chi connectivity index (χ4n) is 1.02. The molecule has 5 heteroatoms. The van der Waals surface area contributed by atoms with Crippen LogP contribution in [0.5, 0.6) is 5.75 Å². The molecule has 0 aliphatic heterocycles. The average molecular weight is 215 g/mol. The molecule has 0 amide bonds. The van der Waals surface area contributed by atoms with Crippen molar-refractivity contribution in [1.82, 2.24) is 0 Å². The molecule has 1 atom stereocenters. The summed E-state index contributed by atoms with van der Waals surface area (Å²) in [6.07, 6.45) is 0. The maximum absolute atomic E-state index is 9.33. The predicted octanol–water partition coefficient (Wildman–Crippen LogP) is 0.678. The van der Waals surface area contributed by atoms with Crippen LogP contribution in [0.3, 0.4) is 0 Å². The Morgan fingerprint density at radius 1 is 1.50 bits per heavy atom. The minimum atomic E-state index is -0.645. The Morgan fingerprint density at radius 3 is 2.64 bits per heavy atom. The largest absolute Gasteiger partial charge is 0.508 e. The first-order valence-electron chi connectivity index (χ1n) is 3.78. The summed E-state index contributed by atoms with van der Waals surface area (Å²) >= 11 is 0. The van der Waals surface area contributed by atoms with Gasteiger partial charge in [0, 0.05) is 5.56 Å². The van der Waals surface area contributed by atoms with E-state index in [0.29, 0.717) is 11.1 Å². The third-order valence-electron chi connectivity index (χ3n) is 1.75. The van der Waals surface area contributed by atoms with Crippen LogP contribution in [0.1, 0.15) is 17.2 Å². The fourth-order valence-corrected chi connectivity index (χ4v) is 1.02. The van der Waals surface area contributed by atoms with Gasteiger partial charge in [0.15, 0.2) is 0 Å². The van der Waals surface area contributed by atoms with Gasteiger partial charge in [-0.1, -0.05) is 0 Å². The molecule has 76 valence electrons. The van der Waals surface area contributed by atoms with Gasteiger partial charge in [-0.25, -0.2) is 0 Å². The van der Waals surface area contributed by atoms with E-state index in [4.69, 9.17) is 16.1 Å². The molecule has 4 N–H and O–H groups in total.